The van der Waals surface area contributed by atoms with E-state index < -0.39 is 5.60 Å². The van der Waals surface area contributed by atoms with Crippen LogP contribution in [-0.4, -0.2) is 23.9 Å². The molecule has 0 saturated heterocycles. The highest BCUT2D eigenvalue weighted by Crippen LogP contribution is 2.35. The van der Waals surface area contributed by atoms with Gasteiger partial charge >= 0.3 is 0 Å². The predicted octanol–water partition coefficient (Wildman–Crippen LogP) is 1.91. The molecule has 0 aromatic heterocycles. The summed E-state index contributed by atoms with van der Waals surface area (Å²) in [5.74, 6) is 0.0880. The molecule has 70 valence electrons. The first kappa shape index (κ1) is 10.0. The maximum absolute atomic E-state index is 9.91. The Balaban J connectivity index is 2.85. The van der Waals surface area contributed by atoms with Crippen LogP contribution in [0.2, 0.25) is 0 Å². The molecule has 0 aromatic carbocycles. The zero-order valence-corrected chi connectivity index (χ0v) is 8.43. The Morgan fingerprint density at radius 2 is 2.33 bits per heavy atom. The van der Waals surface area contributed by atoms with Crippen LogP contribution >= 0.6 is 11.6 Å². The van der Waals surface area contributed by atoms with Crippen molar-refractivity contribution in [1.82, 2.24) is 0 Å². The third-order valence-electron chi connectivity index (χ3n) is 2.62. The van der Waals surface area contributed by atoms with E-state index >= 15 is 0 Å². The molecule has 0 bridgehead atoms. The van der Waals surface area contributed by atoms with Gasteiger partial charge in [-0.05, 0) is 13.0 Å². The van der Waals surface area contributed by atoms with Crippen LogP contribution in [0, 0.1) is 5.92 Å². The highest BCUT2D eigenvalue weighted by molar-refractivity contribution is 6.29. The van der Waals surface area contributed by atoms with Gasteiger partial charge in [-0.25, -0.2) is 0 Å². The highest BCUT2D eigenvalue weighted by atomic mass is 35.5. The highest BCUT2D eigenvalue weighted by Gasteiger charge is 2.37. The summed E-state index contributed by atoms with van der Waals surface area (Å²) in [5, 5.41) is 10.6. The normalized spacial score (nSPS) is 42.6. The molecule has 0 unspecified atom stereocenters. The molecule has 1 aliphatic rings. The molecule has 3 heteroatoms. The van der Waals surface area contributed by atoms with Gasteiger partial charge in [0.1, 0.15) is 0 Å². The lowest BCUT2D eigenvalue weighted by atomic mass is 9.79. The molecule has 0 saturated carbocycles. The fourth-order valence-electron chi connectivity index (χ4n) is 1.51. The molecule has 0 amide bonds. The van der Waals surface area contributed by atoms with Crippen molar-refractivity contribution in [1.29, 1.82) is 0 Å². The Labute approximate surface area is 78.2 Å². The van der Waals surface area contributed by atoms with E-state index in [-0.39, 0.29) is 12.0 Å². The summed E-state index contributed by atoms with van der Waals surface area (Å²) in [5.41, 5.74) is -0.744. The summed E-state index contributed by atoms with van der Waals surface area (Å²) >= 11 is 5.86. The lowest BCUT2D eigenvalue weighted by Crippen LogP contribution is -2.43. The molecule has 0 spiro atoms. The van der Waals surface area contributed by atoms with Crippen LogP contribution in [0.25, 0.3) is 0 Å². The fourth-order valence-corrected chi connectivity index (χ4v) is 1.91. The van der Waals surface area contributed by atoms with Crippen molar-refractivity contribution in [3.63, 3.8) is 0 Å². The van der Waals surface area contributed by atoms with Crippen LogP contribution in [0.15, 0.2) is 11.1 Å². The summed E-state index contributed by atoms with van der Waals surface area (Å²) in [6, 6.07) is 0. The number of methoxy groups -OCH3 is 1. The molecule has 3 atom stereocenters. The van der Waals surface area contributed by atoms with Crippen LogP contribution in [0.1, 0.15) is 20.3 Å². The summed E-state index contributed by atoms with van der Waals surface area (Å²) in [4.78, 5) is 0. The topological polar surface area (TPSA) is 29.5 Å². The average molecular weight is 191 g/mol. The molecule has 0 aliphatic heterocycles. The fraction of sp³-hybridized carbons (Fsp3) is 0.778. The molecule has 0 heterocycles. The van der Waals surface area contributed by atoms with E-state index in [0.29, 0.717) is 11.5 Å². The van der Waals surface area contributed by atoms with E-state index in [1.807, 2.05) is 13.0 Å². The number of aliphatic hydroxyl groups is 1. The van der Waals surface area contributed by atoms with E-state index in [0.717, 1.165) is 0 Å². The largest absolute Gasteiger partial charge is 0.389 e. The van der Waals surface area contributed by atoms with E-state index in [2.05, 4.69) is 0 Å². The van der Waals surface area contributed by atoms with Crippen LogP contribution < -0.4 is 0 Å². The first-order valence-electron chi connectivity index (χ1n) is 4.09. The first-order valence-corrected chi connectivity index (χ1v) is 4.46. The minimum absolute atomic E-state index is 0.0683. The van der Waals surface area contributed by atoms with Gasteiger partial charge in [0, 0.05) is 24.5 Å². The van der Waals surface area contributed by atoms with E-state index in [1.54, 1.807) is 14.0 Å². The monoisotopic (exact) mass is 190 g/mol. The van der Waals surface area contributed by atoms with Crippen molar-refractivity contribution in [2.45, 2.75) is 32.0 Å². The number of ether oxygens (including phenoxy) is 1. The van der Waals surface area contributed by atoms with Crippen LogP contribution in [0.3, 0.4) is 0 Å². The van der Waals surface area contributed by atoms with Gasteiger partial charge in [0.15, 0.2) is 0 Å². The predicted molar refractivity (Wildman–Crippen MR) is 49.1 cm³/mol. The maximum atomic E-state index is 9.91. The minimum atomic E-state index is -0.744. The second-order valence-corrected chi connectivity index (χ2v) is 4.12. The third-order valence-corrected chi connectivity index (χ3v) is 2.88. The zero-order chi connectivity index (χ0) is 9.35. The first-order chi connectivity index (χ1) is 5.47. The Morgan fingerprint density at radius 1 is 1.75 bits per heavy atom. The average Bonchev–Trinajstić information content (AvgIpc) is 1.96. The Kier molecular flexibility index (Phi) is 2.81. The van der Waals surface area contributed by atoms with Gasteiger partial charge in [0.2, 0.25) is 0 Å². The molecular weight excluding hydrogens is 176 g/mol. The van der Waals surface area contributed by atoms with Gasteiger partial charge in [-0.1, -0.05) is 18.5 Å². The molecule has 2 nitrogen and oxygen atoms in total. The molecular formula is C9H15ClO2. The van der Waals surface area contributed by atoms with Crippen molar-refractivity contribution in [2.75, 3.05) is 7.11 Å². The van der Waals surface area contributed by atoms with Gasteiger partial charge in [0.05, 0.1) is 11.7 Å². The van der Waals surface area contributed by atoms with E-state index in [9.17, 15) is 5.11 Å². The van der Waals surface area contributed by atoms with Crippen LogP contribution in [0.5, 0.6) is 0 Å². The van der Waals surface area contributed by atoms with E-state index in [4.69, 9.17) is 16.3 Å². The lowest BCUT2D eigenvalue weighted by molar-refractivity contribution is -0.0551. The number of rotatable bonds is 1. The third kappa shape index (κ3) is 1.82. The summed E-state index contributed by atoms with van der Waals surface area (Å²) in [6.07, 6.45) is 2.32. The van der Waals surface area contributed by atoms with Crippen molar-refractivity contribution in [3.05, 3.63) is 11.1 Å². The van der Waals surface area contributed by atoms with Gasteiger partial charge in [0.25, 0.3) is 0 Å². The molecule has 1 N–H and O–H groups in total. The molecule has 1 aliphatic carbocycles. The molecule has 0 fully saturated rings. The van der Waals surface area contributed by atoms with Crippen LogP contribution in [0.4, 0.5) is 0 Å². The van der Waals surface area contributed by atoms with Gasteiger partial charge in [-0.3, -0.25) is 0 Å². The summed E-state index contributed by atoms with van der Waals surface area (Å²) < 4.78 is 5.19. The standard InChI is InChI=1S/C9H15ClO2/c1-6-8(12-3)4-7(10)5-9(6,2)11/h4,6,8,11H,5H2,1-3H3/t6-,8-,9-/m0/s1. The van der Waals surface area contributed by atoms with Crippen molar-refractivity contribution < 1.29 is 9.84 Å². The summed E-state index contributed by atoms with van der Waals surface area (Å²) in [7, 11) is 1.63. The van der Waals surface area contributed by atoms with Gasteiger partial charge in [-0.2, -0.15) is 0 Å². The van der Waals surface area contributed by atoms with Gasteiger partial charge < -0.3 is 9.84 Å². The van der Waals surface area contributed by atoms with E-state index in [1.165, 1.54) is 0 Å². The Hall–Kier alpha value is -0.0500. The second kappa shape index (κ2) is 3.36. The Bertz CT molecular complexity index is 199. The Morgan fingerprint density at radius 3 is 2.83 bits per heavy atom. The van der Waals surface area contributed by atoms with Crippen molar-refractivity contribution in [2.24, 2.45) is 5.92 Å². The number of halogens is 1. The molecule has 1 rings (SSSR count). The lowest BCUT2D eigenvalue weighted by Gasteiger charge is -2.37. The zero-order valence-electron chi connectivity index (χ0n) is 7.67. The number of hydrogen-bond acceptors (Lipinski definition) is 2. The quantitative estimate of drug-likeness (QED) is 0.685. The molecule has 0 radical (unpaired) electrons. The minimum Gasteiger partial charge on any atom is -0.389 e. The maximum Gasteiger partial charge on any atom is 0.0819 e. The van der Waals surface area contributed by atoms with Crippen LogP contribution in [-0.2, 0) is 4.74 Å². The molecule has 0 aromatic rings. The van der Waals surface area contributed by atoms with Gasteiger partial charge in [-0.15, -0.1) is 0 Å². The summed E-state index contributed by atoms with van der Waals surface area (Å²) in [6.45, 7) is 3.76. The molecule has 12 heavy (non-hydrogen) atoms. The van der Waals surface area contributed by atoms with Crippen molar-refractivity contribution >= 4 is 11.6 Å². The smallest absolute Gasteiger partial charge is 0.0819 e. The second-order valence-electron chi connectivity index (χ2n) is 3.64. The van der Waals surface area contributed by atoms with Crippen molar-refractivity contribution in [3.8, 4) is 0 Å². The SMILES string of the molecule is CO[C@H]1C=C(Cl)C[C@](C)(O)[C@H]1C. The number of hydrogen-bond donors (Lipinski definition) is 1.